The Hall–Kier alpha value is -1.06. The van der Waals surface area contributed by atoms with Crippen LogP contribution in [0, 0.1) is 5.41 Å². The van der Waals surface area contributed by atoms with Gasteiger partial charge in [0.1, 0.15) is 0 Å². The molecule has 0 atom stereocenters. The van der Waals surface area contributed by atoms with Gasteiger partial charge in [0, 0.05) is 17.8 Å². The van der Waals surface area contributed by atoms with Gasteiger partial charge in [0.15, 0.2) is 0 Å². The van der Waals surface area contributed by atoms with Crippen molar-refractivity contribution in [2.75, 3.05) is 18.6 Å². The smallest absolute Gasteiger partial charge is 0.235 e. The topological polar surface area (TPSA) is 40.5 Å². The molecule has 0 heterocycles. The molecule has 0 spiro atoms. The molecular formula is C12H14ClNO2. The van der Waals surface area contributed by atoms with Gasteiger partial charge in [0.25, 0.3) is 0 Å². The minimum atomic E-state index is -0.519. The molecule has 1 saturated carbocycles. The zero-order chi connectivity index (χ0) is 11.8. The van der Waals surface area contributed by atoms with Crippen LogP contribution in [0.2, 0.25) is 5.02 Å². The molecule has 1 aromatic carbocycles. The monoisotopic (exact) mass is 239 g/mol. The van der Waals surface area contributed by atoms with E-state index in [-0.39, 0.29) is 12.5 Å². The van der Waals surface area contributed by atoms with E-state index in [0.29, 0.717) is 5.02 Å². The summed E-state index contributed by atoms with van der Waals surface area (Å²) in [6.07, 6.45) is 1.56. The zero-order valence-electron chi connectivity index (χ0n) is 9.11. The summed E-state index contributed by atoms with van der Waals surface area (Å²) >= 11 is 5.78. The summed E-state index contributed by atoms with van der Waals surface area (Å²) in [7, 11) is 1.72. The first-order valence-electron chi connectivity index (χ1n) is 5.24. The number of aliphatic hydroxyl groups excluding tert-OH is 1. The zero-order valence-corrected chi connectivity index (χ0v) is 9.87. The van der Waals surface area contributed by atoms with E-state index in [1.54, 1.807) is 36.2 Å². The van der Waals surface area contributed by atoms with Crippen LogP contribution in [0.3, 0.4) is 0 Å². The Kier molecular flexibility index (Phi) is 2.91. The molecule has 1 aromatic rings. The molecule has 0 unspecified atom stereocenters. The van der Waals surface area contributed by atoms with Gasteiger partial charge < -0.3 is 10.0 Å². The van der Waals surface area contributed by atoms with Crippen molar-refractivity contribution in [3.05, 3.63) is 29.3 Å². The van der Waals surface area contributed by atoms with Gasteiger partial charge >= 0.3 is 0 Å². The molecule has 3 nitrogen and oxygen atoms in total. The minimum absolute atomic E-state index is 0.0164. The molecule has 1 amide bonds. The van der Waals surface area contributed by atoms with Gasteiger partial charge in [-0.25, -0.2) is 0 Å². The predicted octanol–water partition coefficient (Wildman–Crippen LogP) is 2.08. The quantitative estimate of drug-likeness (QED) is 0.877. The molecule has 0 aromatic heterocycles. The van der Waals surface area contributed by atoms with Crippen molar-refractivity contribution in [1.82, 2.24) is 0 Å². The fourth-order valence-corrected chi connectivity index (χ4v) is 1.85. The predicted molar refractivity (Wildman–Crippen MR) is 63.6 cm³/mol. The van der Waals surface area contributed by atoms with Crippen molar-refractivity contribution >= 4 is 23.2 Å². The number of hydrogen-bond acceptors (Lipinski definition) is 2. The minimum Gasteiger partial charge on any atom is -0.395 e. The fraction of sp³-hybridized carbons (Fsp3) is 0.417. The van der Waals surface area contributed by atoms with Gasteiger partial charge in [-0.3, -0.25) is 4.79 Å². The second kappa shape index (κ2) is 4.07. The second-order valence-corrected chi connectivity index (χ2v) is 4.72. The average Bonchev–Trinajstić information content (AvgIpc) is 3.09. The Labute approximate surface area is 99.6 Å². The molecule has 0 bridgehead atoms. The third-order valence-corrected chi connectivity index (χ3v) is 3.38. The van der Waals surface area contributed by atoms with E-state index in [9.17, 15) is 9.90 Å². The largest absolute Gasteiger partial charge is 0.395 e. The first-order chi connectivity index (χ1) is 7.59. The number of halogens is 1. The summed E-state index contributed by atoms with van der Waals surface area (Å²) in [5.41, 5.74) is 0.281. The molecular weight excluding hydrogens is 226 g/mol. The maximum Gasteiger partial charge on any atom is 0.235 e. The number of hydrogen-bond donors (Lipinski definition) is 1. The SMILES string of the molecule is CN(C(=O)C1(CO)CC1)c1ccc(Cl)cc1. The molecule has 1 fully saturated rings. The van der Waals surface area contributed by atoms with E-state index >= 15 is 0 Å². The summed E-state index contributed by atoms with van der Waals surface area (Å²) in [4.78, 5) is 13.7. The van der Waals surface area contributed by atoms with E-state index in [4.69, 9.17) is 11.6 Å². The third-order valence-electron chi connectivity index (χ3n) is 3.13. The number of aliphatic hydroxyl groups is 1. The molecule has 1 aliphatic carbocycles. The van der Waals surface area contributed by atoms with Gasteiger partial charge in [0.2, 0.25) is 5.91 Å². The standard InChI is InChI=1S/C12H14ClNO2/c1-14(10-4-2-9(13)3-5-10)11(16)12(8-15)6-7-12/h2-5,15H,6-8H2,1H3. The van der Waals surface area contributed by atoms with Crippen LogP contribution in [-0.4, -0.2) is 24.7 Å². The number of rotatable bonds is 3. The number of carbonyl (C=O) groups is 1. The van der Waals surface area contributed by atoms with E-state index in [1.165, 1.54) is 0 Å². The lowest BCUT2D eigenvalue weighted by Crippen LogP contribution is -2.36. The van der Waals surface area contributed by atoms with Crippen LogP contribution in [0.15, 0.2) is 24.3 Å². The van der Waals surface area contributed by atoms with Gasteiger partial charge in [-0.2, -0.15) is 0 Å². The Balaban J connectivity index is 2.16. The summed E-state index contributed by atoms with van der Waals surface area (Å²) in [6.45, 7) is -0.0657. The van der Waals surface area contributed by atoms with Gasteiger partial charge in [-0.05, 0) is 37.1 Å². The highest BCUT2D eigenvalue weighted by molar-refractivity contribution is 6.30. The van der Waals surface area contributed by atoms with Crippen LogP contribution < -0.4 is 4.90 Å². The summed E-state index contributed by atoms with van der Waals surface area (Å²) in [5, 5.41) is 9.84. The van der Waals surface area contributed by atoms with Crippen molar-refractivity contribution < 1.29 is 9.90 Å². The first kappa shape index (κ1) is 11.4. The molecule has 4 heteroatoms. The fourth-order valence-electron chi connectivity index (χ4n) is 1.73. The van der Waals surface area contributed by atoms with Crippen molar-refractivity contribution in [3.8, 4) is 0 Å². The first-order valence-corrected chi connectivity index (χ1v) is 5.61. The lowest BCUT2D eigenvalue weighted by molar-refractivity contribution is -0.124. The number of carbonyl (C=O) groups excluding carboxylic acids is 1. The summed E-state index contributed by atoms with van der Waals surface area (Å²) < 4.78 is 0. The molecule has 0 aliphatic heterocycles. The average molecular weight is 240 g/mol. The lowest BCUT2D eigenvalue weighted by atomic mass is 10.1. The van der Waals surface area contributed by atoms with E-state index in [0.717, 1.165) is 18.5 Å². The van der Waals surface area contributed by atoms with Crippen LogP contribution in [0.4, 0.5) is 5.69 Å². The number of amides is 1. The van der Waals surface area contributed by atoms with Crippen molar-refractivity contribution in [2.45, 2.75) is 12.8 Å². The summed E-state index contributed by atoms with van der Waals surface area (Å²) in [5.74, 6) is -0.0164. The number of anilines is 1. The van der Waals surface area contributed by atoms with E-state index < -0.39 is 5.41 Å². The molecule has 16 heavy (non-hydrogen) atoms. The highest BCUT2D eigenvalue weighted by Gasteiger charge is 2.50. The summed E-state index contributed by atoms with van der Waals surface area (Å²) in [6, 6.07) is 7.10. The Bertz CT molecular complexity index is 398. The van der Waals surface area contributed by atoms with Crippen molar-refractivity contribution in [3.63, 3.8) is 0 Å². The van der Waals surface area contributed by atoms with E-state index in [1.807, 2.05) is 0 Å². The van der Waals surface area contributed by atoms with Crippen LogP contribution in [-0.2, 0) is 4.79 Å². The molecule has 86 valence electrons. The Morgan fingerprint density at radius 1 is 1.44 bits per heavy atom. The molecule has 1 aliphatic rings. The molecule has 0 radical (unpaired) electrons. The van der Waals surface area contributed by atoms with Crippen LogP contribution in [0.25, 0.3) is 0 Å². The van der Waals surface area contributed by atoms with Crippen LogP contribution in [0.5, 0.6) is 0 Å². The van der Waals surface area contributed by atoms with Gasteiger partial charge in [-0.15, -0.1) is 0 Å². The highest BCUT2D eigenvalue weighted by atomic mass is 35.5. The van der Waals surface area contributed by atoms with Gasteiger partial charge in [-0.1, -0.05) is 11.6 Å². The Morgan fingerprint density at radius 3 is 2.44 bits per heavy atom. The van der Waals surface area contributed by atoms with Crippen LogP contribution >= 0.6 is 11.6 Å². The highest BCUT2D eigenvalue weighted by Crippen LogP contribution is 2.47. The lowest BCUT2D eigenvalue weighted by Gasteiger charge is -2.22. The van der Waals surface area contributed by atoms with Crippen molar-refractivity contribution in [1.29, 1.82) is 0 Å². The molecule has 0 saturated heterocycles. The number of benzene rings is 1. The van der Waals surface area contributed by atoms with E-state index in [2.05, 4.69) is 0 Å². The second-order valence-electron chi connectivity index (χ2n) is 4.28. The maximum atomic E-state index is 12.1. The molecule has 2 rings (SSSR count). The van der Waals surface area contributed by atoms with Gasteiger partial charge in [0.05, 0.1) is 12.0 Å². The number of nitrogens with zero attached hydrogens (tertiary/aromatic N) is 1. The van der Waals surface area contributed by atoms with Crippen LogP contribution in [0.1, 0.15) is 12.8 Å². The molecule has 1 N–H and O–H groups in total. The van der Waals surface area contributed by atoms with Crippen molar-refractivity contribution in [2.24, 2.45) is 5.41 Å². The normalized spacial score (nSPS) is 16.9. The third kappa shape index (κ3) is 1.93. The Morgan fingerprint density at radius 2 is 2.00 bits per heavy atom. The maximum absolute atomic E-state index is 12.1.